The van der Waals surface area contributed by atoms with E-state index in [0.29, 0.717) is 0 Å². The average Bonchev–Trinajstić information content (AvgIpc) is 3.57. The minimum absolute atomic E-state index is 1.12. The molecule has 0 aliphatic heterocycles. The maximum absolute atomic E-state index is 2.42. The molecule has 0 radical (unpaired) electrons. The summed E-state index contributed by atoms with van der Waals surface area (Å²) < 4.78 is 2.69. The smallest absolute Gasteiger partial charge is 0.0540 e. The van der Waals surface area contributed by atoms with Gasteiger partial charge in [-0.25, -0.2) is 0 Å². The second kappa shape index (κ2) is 11.7. The molecule has 0 N–H and O–H groups in total. The van der Waals surface area contributed by atoms with E-state index in [-0.39, 0.29) is 0 Å². The van der Waals surface area contributed by atoms with E-state index in [1.165, 1.54) is 74.7 Å². The van der Waals surface area contributed by atoms with Crippen LogP contribution in [0.25, 0.3) is 74.7 Å². The molecule has 0 aliphatic rings. The lowest BCUT2D eigenvalue weighted by atomic mass is 9.98. The van der Waals surface area contributed by atoms with E-state index in [2.05, 4.69) is 193 Å². The first-order valence-electron chi connectivity index (χ1n) is 17.1. The Morgan fingerprint density at radius 2 is 0.960 bits per heavy atom. The van der Waals surface area contributed by atoms with Crippen molar-refractivity contribution in [3.05, 3.63) is 188 Å². The van der Waals surface area contributed by atoms with Crippen molar-refractivity contribution >= 4 is 80.9 Å². The summed E-state index contributed by atoms with van der Waals surface area (Å²) in [7, 11) is 0. The minimum Gasteiger partial charge on any atom is -0.310 e. The van der Waals surface area contributed by atoms with Crippen LogP contribution in [0.15, 0.2) is 188 Å². The van der Waals surface area contributed by atoms with E-state index in [4.69, 9.17) is 0 Å². The molecule has 1 aromatic heterocycles. The average molecular weight is 654 g/mol. The highest BCUT2D eigenvalue weighted by molar-refractivity contribution is 7.26. The summed E-state index contributed by atoms with van der Waals surface area (Å²) in [5.74, 6) is 0. The monoisotopic (exact) mass is 653 g/mol. The summed E-state index contributed by atoms with van der Waals surface area (Å²) in [4.78, 5) is 2.42. The van der Waals surface area contributed by atoms with E-state index >= 15 is 0 Å². The van der Waals surface area contributed by atoms with Crippen LogP contribution in [0.2, 0.25) is 0 Å². The van der Waals surface area contributed by atoms with Crippen molar-refractivity contribution in [1.82, 2.24) is 0 Å². The van der Waals surface area contributed by atoms with Crippen LogP contribution < -0.4 is 4.90 Å². The van der Waals surface area contributed by atoms with E-state index in [9.17, 15) is 0 Å². The van der Waals surface area contributed by atoms with Gasteiger partial charge < -0.3 is 4.90 Å². The molecule has 9 aromatic carbocycles. The maximum atomic E-state index is 2.42. The first-order valence-corrected chi connectivity index (χ1v) is 17.9. The van der Waals surface area contributed by atoms with E-state index in [1.54, 1.807) is 0 Å². The first-order chi connectivity index (χ1) is 24.8. The quantitative estimate of drug-likeness (QED) is 0.167. The third kappa shape index (κ3) is 4.76. The molecular weight excluding hydrogens is 623 g/mol. The van der Waals surface area contributed by atoms with Crippen molar-refractivity contribution in [3.8, 4) is 22.3 Å². The lowest BCUT2D eigenvalue weighted by Gasteiger charge is -2.28. The van der Waals surface area contributed by atoms with Gasteiger partial charge in [0.25, 0.3) is 0 Å². The molecular formula is C48H31NS. The Morgan fingerprint density at radius 3 is 1.84 bits per heavy atom. The van der Waals surface area contributed by atoms with Crippen LogP contribution in [0.5, 0.6) is 0 Å². The van der Waals surface area contributed by atoms with E-state index in [1.807, 2.05) is 11.3 Å². The normalized spacial score (nSPS) is 11.6. The van der Waals surface area contributed by atoms with Gasteiger partial charge in [0.15, 0.2) is 0 Å². The van der Waals surface area contributed by atoms with Gasteiger partial charge in [-0.05, 0) is 80.2 Å². The third-order valence-electron chi connectivity index (χ3n) is 10.0. The summed E-state index contributed by atoms with van der Waals surface area (Å²) in [6, 6.07) is 68.7. The Labute approximate surface area is 294 Å². The van der Waals surface area contributed by atoms with Crippen molar-refractivity contribution in [2.75, 3.05) is 4.90 Å². The second-order valence-electron chi connectivity index (χ2n) is 12.9. The standard InChI is InChI=1S/C48H31NS/c1-2-10-32(11-3-1)33-20-22-34(23-21-33)37-14-8-15-39(30-37)49(45-18-9-13-35-12-4-5-16-41(35)45)40-27-29-42-38(31-40)25-24-36-26-28-44-43-17-6-7-19-46(43)50-48(44)47(36)42/h1-31H. The predicted octanol–water partition coefficient (Wildman–Crippen LogP) is 14.3. The van der Waals surface area contributed by atoms with Gasteiger partial charge in [0.05, 0.1) is 5.69 Å². The zero-order valence-corrected chi connectivity index (χ0v) is 28.1. The Morgan fingerprint density at radius 1 is 0.340 bits per heavy atom. The van der Waals surface area contributed by atoms with Gasteiger partial charge >= 0.3 is 0 Å². The van der Waals surface area contributed by atoms with Gasteiger partial charge in [-0.15, -0.1) is 11.3 Å². The van der Waals surface area contributed by atoms with Crippen molar-refractivity contribution < 1.29 is 0 Å². The molecule has 0 atom stereocenters. The van der Waals surface area contributed by atoms with Crippen molar-refractivity contribution in [2.24, 2.45) is 0 Å². The highest BCUT2D eigenvalue weighted by atomic mass is 32.1. The molecule has 0 aliphatic carbocycles. The van der Waals surface area contributed by atoms with E-state index in [0.717, 1.165) is 17.1 Å². The Balaban J connectivity index is 1.15. The predicted molar refractivity (Wildman–Crippen MR) is 217 cm³/mol. The molecule has 0 bridgehead atoms. The second-order valence-corrected chi connectivity index (χ2v) is 14.0. The van der Waals surface area contributed by atoms with Crippen LogP contribution in [-0.4, -0.2) is 0 Å². The molecule has 10 aromatic rings. The maximum Gasteiger partial charge on any atom is 0.0540 e. The molecule has 0 unspecified atom stereocenters. The molecule has 0 saturated heterocycles. The SMILES string of the molecule is c1ccc(-c2ccc(-c3cccc(N(c4ccc5c(ccc6ccc7c8ccccc8sc7c65)c4)c4cccc5ccccc45)c3)cc2)cc1. The lowest BCUT2D eigenvalue weighted by molar-refractivity contribution is 1.30. The third-order valence-corrected chi connectivity index (χ3v) is 11.2. The highest BCUT2D eigenvalue weighted by Gasteiger charge is 2.18. The van der Waals surface area contributed by atoms with Crippen LogP contribution in [-0.2, 0) is 0 Å². The van der Waals surface area contributed by atoms with Gasteiger partial charge in [0, 0.05) is 42.3 Å². The van der Waals surface area contributed by atoms with Crippen LogP contribution in [0.1, 0.15) is 0 Å². The summed E-state index contributed by atoms with van der Waals surface area (Å²) in [6.45, 7) is 0. The number of nitrogens with zero attached hydrogens (tertiary/aromatic N) is 1. The molecule has 0 fully saturated rings. The van der Waals surface area contributed by atoms with Crippen LogP contribution in [0, 0.1) is 0 Å². The number of anilines is 3. The van der Waals surface area contributed by atoms with Crippen LogP contribution >= 0.6 is 11.3 Å². The highest BCUT2D eigenvalue weighted by Crippen LogP contribution is 2.44. The van der Waals surface area contributed by atoms with Crippen molar-refractivity contribution in [1.29, 1.82) is 0 Å². The Bertz CT molecular complexity index is 2860. The van der Waals surface area contributed by atoms with Gasteiger partial charge in [-0.2, -0.15) is 0 Å². The fourth-order valence-electron chi connectivity index (χ4n) is 7.60. The molecule has 0 spiro atoms. The summed E-state index contributed by atoms with van der Waals surface area (Å²) in [5, 5.41) is 10.2. The summed E-state index contributed by atoms with van der Waals surface area (Å²) in [6.07, 6.45) is 0. The lowest BCUT2D eigenvalue weighted by Crippen LogP contribution is -2.10. The zero-order chi connectivity index (χ0) is 33.0. The molecule has 1 heterocycles. The van der Waals surface area contributed by atoms with Gasteiger partial charge in [-0.3, -0.25) is 0 Å². The molecule has 10 rings (SSSR count). The summed E-state index contributed by atoms with van der Waals surface area (Å²) in [5.41, 5.74) is 8.25. The Hall–Kier alpha value is -6.22. The number of benzene rings is 9. The number of hydrogen-bond acceptors (Lipinski definition) is 2. The molecule has 0 amide bonds. The minimum atomic E-state index is 1.12. The molecule has 50 heavy (non-hydrogen) atoms. The van der Waals surface area contributed by atoms with Crippen LogP contribution in [0.3, 0.4) is 0 Å². The fourth-order valence-corrected chi connectivity index (χ4v) is 8.87. The van der Waals surface area contributed by atoms with Crippen molar-refractivity contribution in [2.45, 2.75) is 0 Å². The van der Waals surface area contributed by atoms with Crippen molar-refractivity contribution in [3.63, 3.8) is 0 Å². The molecule has 1 nitrogen and oxygen atoms in total. The zero-order valence-electron chi connectivity index (χ0n) is 27.3. The largest absolute Gasteiger partial charge is 0.310 e. The first kappa shape index (κ1) is 28.8. The Kier molecular flexibility index (Phi) is 6.75. The topological polar surface area (TPSA) is 3.24 Å². The summed E-state index contributed by atoms with van der Waals surface area (Å²) >= 11 is 1.90. The molecule has 2 heteroatoms. The van der Waals surface area contributed by atoms with Gasteiger partial charge in [0.1, 0.15) is 0 Å². The van der Waals surface area contributed by atoms with Gasteiger partial charge in [-0.1, -0.05) is 152 Å². The number of thiophene rings is 1. The van der Waals surface area contributed by atoms with Gasteiger partial charge in [0.2, 0.25) is 0 Å². The number of hydrogen-bond donors (Lipinski definition) is 0. The van der Waals surface area contributed by atoms with Crippen LogP contribution in [0.4, 0.5) is 17.1 Å². The fraction of sp³-hybridized carbons (Fsp3) is 0. The van der Waals surface area contributed by atoms with E-state index < -0.39 is 0 Å². The molecule has 234 valence electrons. The number of rotatable bonds is 5. The number of fused-ring (bicyclic) bond motifs is 8. The molecule has 0 saturated carbocycles.